The van der Waals surface area contributed by atoms with E-state index in [1.54, 1.807) is 4.58 Å². The molecule has 1 unspecified atom stereocenters. The van der Waals surface area contributed by atoms with Crippen molar-refractivity contribution in [3.05, 3.63) is 0 Å². The van der Waals surface area contributed by atoms with Crippen LogP contribution in [0.25, 0.3) is 0 Å². The SMILES string of the molecule is [B]B([B])N(C)POCCCNC. The molecule has 0 bridgehead atoms. The summed E-state index contributed by atoms with van der Waals surface area (Å²) in [5, 5.41) is 3.04. The first-order valence-corrected chi connectivity index (χ1v) is 4.80. The lowest BCUT2D eigenvalue weighted by atomic mass is 9.28. The number of nitrogens with zero attached hydrogens (tertiary/aromatic N) is 1. The highest BCUT2D eigenvalue weighted by molar-refractivity contribution is 7.41. The van der Waals surface area contributed by atoms with Gasteiger partial charge in [0.1, 0.15) is 6.63 Å². The molecule has 0 amide bonds. The summed E-state index contributed by atoms with van der Waals surface area (Å²) in [6, 6.07) is 0. The third-order valence-corrected chi connectivity index (χ3v) is 2.25. The molecule has 1 atom stereocenters. The van der Waals surface area contributed by atoms with Crippen molar-refractivity contribution >= 4 is 31.1 Å². The highest BCUT2D eigenvalue weighted by atomic mass is 31.1. The Morgan fingerprint density at radius 2 is 2.25 bits per heavy atom. The van der Waals surface area contributed by atoms with Crippen LogP contribution in [0.5, 0.6) is 0 Å². The zero-order chi connectivity index (χ0) is 9.40. The normalized spacial score (nSPS) is 11.6. The first-order valence-electron chi connectivity index (χ1n) is 3.94. The van der Waals surface area contributed by atoms with Crippen LogP contribution in [0.3, 0.4) is 0 Å². The van der Waals surface area contributed by atoms with Crippen molar-refractivity contribution in [3.63, 3.8) is 0 Å². The molecule has 0 saturated heterocycles. The van der Waals surface area contributed by atoms with Crippen molar-refractivity contribution in [1.82, 2.24) is 9.90 Å². The summed E-state index contributed by atoms with van der Waals surface area (Å²) in [7, 11) is 14.8. The summed E-state index contributed by atoms with van der Waals surface area (Å²) in [6.07, 6.45) is 1.01. The van der Waals surface area contributed by atoms with Crippen LogP contribution in [0, 0.1) is 0 Å². The molecule has 12 heavy (non-hydrogen) atoms. The second-order valence-corrected chi connectivity index (χ2v) is 3.68. The second kappa shape index (κ2) is 8.12. The molecule has 1 N–H and O–H groups in total. The Balaban J connectivity index is 3.08. The minimum absolute atomic E-state index is 0.253. The topological polar surface area (TPSA) is 24.5 Å². The van der Waals surface area contributed by atoms with Crippen molar-refractivity contribution < 1.29 is 4.52 Å². The van der Waals surface area contributed by atoms with E-state index < -0.39 is 6.63 Å². The Morgan fingerprint density at radius 1 is 1.58 bits per heavy atom. The van der Waals surface area contributed by atoms with Crippen LogP contribution < -0.4 is 5.32 Å². The van der Waals surface area contributed by atoms with Gasteiger partial charge >= 0.3 is 0 Å². The minimum atomic E-state index is -0.423. The molecule has 0 saturated carbocycles. The molecule has 64 valence electrons. The third-order valence-electron chi connectivity index (χ3n) is 1.33. The van der Waals surface area contributed by atoms with E-state index in [0.29, 0.717) is 0 Å². The van der Waals surface area contributed by atoms with Gasteiger partial charge in [-0.15, -0.1) is 0 Å². The number of hydrogen-bond acceptors (Lipinski definition) is 3. The van der Waals surface area contributed by atoms with E-state index in [2.05, 4.69) is 5.32 Å². The van der Waals surface area contributed by atoms with Crippen LogP contribution >= 0.6 is 8.96 Å². The van der Waals surface area contributed by atoms with Gasteiger partial charge in [-0.2, -0.15) is 0 Å². The molecule has 0 rings (SSSR count). The fourth-order valence-electron chi connectivity index (χ4n) is 0.529. The lowest BCUT2D eigenvalue weighted by Crippen LogP contribution is -2.31. The number of rotatable bonds is 7. The van der Waals surface area contributed by atoms with E-state index in [9.17, 15) is 0 Å². The van der Waals surface area contributed by atoms with E-state index in [-0.39, 0.29) is 8.96 Å². The summed E-state index contributed by atoms with van der Waals surface area (Å²) < 4.78 is 7.08. The molecule has 3 nitrogen and oxygen atoms in total. The van der Waals surface area contributed by atoms with Gasteiger partial charge in [-0.3, -0.25) is 0 Å². The lowest BCUT2D eigenvalue weighted by molar-refractivity contribution is 0.340. The third kappa shape index (κ3) is 7.17. The number of nitrogens with one attached hydrogen (secondary N) is 1. The van der Waals surface area contributed by atoms with E-state index in [1.165, 1.54) is 0 Å². The van der Waals surface area contributed by atoms with Gasteiger partial charge in [-0.1, -0.05) is 0 Å². The average molecular weight is 182 g/mol. The van der Waals surface area contributed by atoms with Crippen molar-refractivity contribution in [2.24, 2.45) is 0 Å². The zero-order valence-corrected chi connectivity index (χ0v) is 8.71. The maximum absolute atomic E-state index is 5.40. The summed E-state index contributed by atoms with van der Waals surface area (Å²) >= 11 is 0. The van der Waals surface area contributed by atoms with Crippen molar-refractivity contribution in [2.75, 3.05) is 27.2 Å². The largest absolute Gasteiger partial charge is 0.347 e. The molecule has 0 aromatic carbocycles. The van der Waals surface area contributed by atoms with Crippen LogP contribution in [0.15, 0.2) is 0 Å². The van der Waals surface area contributed by atoms with Gasteiger partial charge in [0.05, 0.1) is 15.6 Å². The maximum Gasteiger partial charge on any atom is 0.127 e. The van der Waals surface area contributed by atoms with Crippen molar-refractivity contribution in [3.8, 4) is 0 Å². The van der Waals surface area contributed by atoms with Gasteiger partial charge in [-0.05, 0) is 27.1 Å². The van der Waals surface area contributed by atoms with Crippen LogP contribution in [0.4, 0.5) is 0 Å². The van der Waals surface area contributed by atoms with Crippen LogP contribution in [0.2, 0.25) is 0 Å². The smallest absolute Gasteiger partial charge is 0.127 e. The van der Waals surface area contributed by atoms with Gasteiger partial charge in [0.15, 0.2) is 0 Å². The monoisotopic (exact) mass is 182 g/mol. The maximum atomic E-state index is 5.40. The lowest BCUT2D eigenvalue weighted by Gasteiger charge is -2.19. The van der Waals surface area contributed by atoms with E-state index in [4.69, 9.17) is 20.0 Å². The average Bonchev–Trinajstić information content (AvgIpc) is 2.03. The predicted molar refractivity (Wildman–Crippen MR) is 57.8 cm³/mol. The predicted octanol–water partition coefficient (Wildman–Crippen LogP) is -0.625. The van der Waals surface area contributed by atoms with Crippen LogP contribution in [0.1, 0.15) is 6.42 Å². The Kier molecular flexibility index (Phi) is 8.46. The summed E-state index contributed by atoms with van der Waals surface area (Å²) in [4.78, 5) is 0. The molecule has 0 aliphatic rings. The molecular weight excluding hydrogens is 167 g/mol. The first-order chi connectivity index (χ1) is 5.68. The summed E-state index contributed by atoms with van der Waals surface area (Å²) in [6.45, 7) is 1.30. The fourth-order valence-corrected chi connectivity index (χ4v) is 1.09. The fraction of sp³-hybridized carbons (Fsp3) is 1.00. The summed E-state index contributed by atoms with van der Waals surface area (Å²) in [5.74, 6) is 0. The second-order valence-electron chi connectivity index (χ2n) is 2.50. The summed E-state index contributed by atoms with van der Waals surface area (Å²) in [5.41, 5.74) is 0. The Bertz CT molecular complexity index is 109. The van der Waals surface area contributed by atoms with Crippen LogP contribution in [-0.2, 0) is 4.52 Å². The van der Waals surface area contributed by atoms with Gasteiger partial charge in [0.25, 0.3) is 0 Å². The van der Waals surface area contributed by atoms with Crippen LogP contribution in [-0.4, -0.2) is 53.9 Å². The van der Waals surface area contributed by atoms with Gasteiger partial charge < -0.3 is 14.4 Å². The van der Waals surface area contributed by atoms with Gasteiger partial charge in [0.2, 0.25) is 0 Å². The quantitative estimate of drug-likeness (QED) is 0.322. The van der Waals surface area contributed by atoms with Crippen molar-refractivity contribution in [1.29, 1.82) is 0 Å². The standard InChI is InChI=1S/C5H14B3N2OP/c1-9-4-3-5-11-12-10(2)8(6)7/h9,12H,3-5H2,1-2H3. The molecule has 4 radical (unpaired) electrons. The Morgan fingerprint density at radius 3 is 2.75 bits per heavy atom. The molecule has 0 aromatic heterocycles. The molecule has 0 aromatic rings. The highest BCUT2D eigenvalue weighted by Crippen LogP contribution is 2.16. The zero-order valence-electron chi connectivity index (χ0n) is 7.71. The Labute approximate surface area is 79.8 Å². The molecule has 0 fully saturated rings. The molecule has 0 aliphatic heterocycles. The molecular formula is C5H14B3N2OP. The van der Waals surface area contributed by atoms with Crippen molar-refractivity contribution in [2.45, 2.75) is 6.42 Å². The molecule has 0 aliphatic carbocycles. The Hall–Kier alpha value is 0.505. The highest BCUT2D eigenvalue weighted by Gasteiger charge is 2.04. The first kappa shape index (κ1) is 12.5. The molecule has 0 heterocycles. The molecule has 7 heteroatoms. The van der Waals surface area contributed by atoms with Gasteiger partial charge in [-0.25, -0.2) is 0 Å². The van der Waals surface area contributed by atoms with E-state index in [0.717, 1.165) is 19.6 Å². The number of hydrogen-bond donors (Lipinski definition) is 1. The molecule has 0 spiro atoms. The van der Waals surface area contributed by atoms with E-state index in [1.807, 2.05) is 14.1 Å². The minimum Gasteiger partial charge on any atom is -0.347 e. The van der Waals surface area contributed by atoms with E-state index >= 15 is 0 Å². The van der Waals surface area contributed by atoms with Gasteiger partial charge in [0, 0.05) is 15.5 Å².